The number of rotatable bonds is 4. The van der Waals surface area contributed by atoms with Gasteiger partial charge in [0, 0.05) is 6.20 Å². The Balaban J connectivity index is 2.19. The van der Waals surface area contributed by atoms with Gasteiger partial charge in [-0.2, -0.15) is 5.10 Å². The summed E-state index contributed by atoms with van der Waals surface area (Å²) in [5, 5.41) is 16.0. The van der Waals surface area contributed by atoms with E-state index in [1.165, 1.54) is 6.20 Å². The topological polar surface area (TPSA) is 84.2 Å². The first-order chi connectivity index (χ1) is 10.3. The summed E-state index contributed by atoms with van der Waals surface area (Å²) in [5.74, 6) is -1.57. The van der Waals surface area contributed by atoms with E-state index in [0.717, 1.165) is 0 Å². The number of nitrogens with one attached hydrogen (secondary N) is 1. The van der Waals surface area contributed by atoms with E-state index in [1.807, 2.05) is 20.8 Å². The van der Waals surface area contributed by atoms with Crippen molar-refractivity contribution in [1.82, 2.24) is 15.1 Å². The van der Waals surface area contributed by atoms with E-state index in [9.17, 15) is 14.7 Å². The molecule has 6 nitrogen and oxygen atoms in total. The van der Waals surface area contributed by atoms with Gasteiger partial charge in [0.1, 0.15) is 0 Å². The van der Waals surface area contributed by atoms with Gasteiger partial charge in [0.25, 0.3) is 5.91 Å². The van der Waals surface area contributed by atoms with E-state index in [2.05, 4.69) is 10.4 Å². The van der Waals surface area contributed by atoms with Gasteiger partial charge in [-0.3, -0.25) is 9.48 Å². The third-order valence-corrected chi connectivity index (χ3v) is 3.19. The van der Waals surface area contributed by atoms with Gasteiger partial charge in [0.2, 0.25) is 0 Å². The van der Waals surface area contributed by atoms with Crippen molar-refractivity contribution in [2.24, 2.45) is 0 Å². The molecule has 0 aliphatic heterocycles. The Bertz CT molecular complexity index is 671. The van der Waals surface area contributed by atoms with Gasteiger partial charge in [0.15, 0.2) is 6.04 Å². The number of aliphatic carboxylic acids is 1. The Morgan fingerprint density at radius 1 is 1.23 bits per heavy atom. The van der Waals surface area contributed by atoms with Crippen LogP contribution >= 0.6 is 0 Å². The van der Waals surface area contributed by atoms with Crippen LogP contribution in [0.3, 0.4) is 0 Å². The molecule has 0 aliphatic carbocycles. The summed E-state index contributed by atoms with van der Waals surface area (Å²) in [7, 11) is 0. The average molecular weight is 301 g/mol. The molecule has 1 heterocycles. The predicted molar refractivity (Wildman–Crippen MR) is 81.5 cm³/mol. The minimum absolute atomic E-state index is 0.246. The Kier molecular flexibility index (Phi) is 4.30. The minimum atomic E-state index is -1.11. The lowest BCUT2D eigenvalue weighted by Crippen LogP contribution is -2.33. The number of aromatic nitrogens is 2. The van der Waals surface area contributed by atoms with Gasteiger partial charge in [-0.1, -0.05) is 30.3 Å². The summed E-state index contributed by atoms with van der Waals surface area (Å²) in [6, 6.07) is 7.49. The molecule has 1 aromatic heterocycles. The van der Waals surface area contributed by atoms with Crippen LogP contribution in [-0.2, 0) is 10.3 Å². The summed E-state index contributed by atoms with van der Waals surface area (Å²) in [4.78, 5) is 23.6. The minimum Gasteiger partial charge on any atom is -0.479 e. The van der Waals surface area contributed by atoms with Crippen LogP contribution in [0.1, 0.15) is 42.7 Å². The molecule has 0 saturated carbocycles. The zero-order chi connectivity index (χ0) is 16.3. The highest BCUT2D eigenvalue weighted by molar-refractivity contribution is 5.96. The maximum atomic E-state index is 12.2. The van der Waals surface area contributed by atoms with Gasteiger partial charge >= 0.3 is 5.97 Å². The standard InChI is InChI=1S/C16H19N3O3/c1-16(2,3)19-10-12(9-17-19)14(20)18-13(15(21)22)11-7-5-4-6-8-11/h4-10,13H,1-3H3,(H,18,20)(H,21,22)/t13-/m1/s1. The molecule has 0 radical (unpaired) electrons. The second-order valence-electron chi connectivity index (χ2n) is 6.00. The van der Waals surface area contributed by atoms with Gasteiger partial charge in [0.05, 0.1) is 17.3 Å². The fraction of sp³-hybridized carbons (Fsp3) is 0.312. The predicted octanol–water partition coefficient (Wildman–Crippen LogP) is 2.19. The van der Waals surface area contributed by atoms with Crippen LogP contribution in [0.4, 0.5) is 0 Å². The quantitative estimate of drug-likeness (QED) is 0.906. The van der Waals surface area contributed by atoms with E-state index in [0.29, 0.717) is 11.1 Å². The number of carboxylic acids is 1. The van der Waals surface area contributed by atoms with Gasteiger partial charge in [-0.25, -0.2) is 4.79 Å². The number of carboxylic acid groups (broad SMARTS) is 1. The van der Waals surface area contributed by atoms with Crippen LogP contribution < -0.4 is 5.32 Å². The maximum absolute atomic E-state index is 12.2. The smallest absolute Gasteiger partial charge is 0.330 e. The molecule has 0 bridgehead atoms. The van der Waals surface area contributed by atoms with Crippen LogP contribution in [-0.4, -0.2) is 26.8 Å². The lowest BCUT2D eigenvalue weighted by Gasteiger charge is -2.18. The van der Waals surface area contributed by atoms with Crippen LogP contribution in [0.15, 0.2) is 42.7 Å². The molecule has 0 saturated heterocycles. The summed E-state index contributed by atoms with van der Waals surface area (Å²) >= 11 is 0. The summed E-state index contributed by atoms with van der Waals surface area (Å²) < 4.78 is 1.67. The van der Waals surface area contributed by atoms with Crippen LogP contribution in [0.25, 0.3) is 0 Å². The first-order valence-corrected chi connectivity index (χ1v) is 6.93. The van der Waals surface area contributed by atoms with Crippen molar-refractivity contribution in [3.05, 3.63) is 53.9 Å². The first-order valence-electron chi connectivity index (χ1n) is 6.93. The van der Waals surface area contributed by atoms with Crippen molar-refractivity contribution in [1.29, 1.82) is 0 Å². The number of amides is 1. The molecule has 22 heavy (non-hydrogen) atoms. The second kappa shape index (κ2) is 6.01. The molecule has 116 valence electrons. The fourth-order valence-corrected chi connectivity index (χ4v) is 1.95. The van der Waals surface area contributed by atoms with Crippen molar-refractivity contribution in [2.45, 2.75) is 32.4 Å². The molecule has 1 atom stereocenters. The van der Waals surface area contributed by atoms with E-state index < -0.39 is 17.9 Å². The molecule has 1 amide bonds. The lowest BCUT2D eigenvalue weighted by molar-refractivity contribution is -0.139. The second-order valence-corrected chi connectivity index (χ2v) is 6.00. The summed E-state index contributed by atoms with van der Waals surface area (Å²) in [6.07, 6.45) is 3.05. The number of carbonyl (C=O) groups is 2. The Labute approximate surface area is 128 Å². The Hall–Kier alpha value is -2.63. The largest absolute Gasteiger partial charge is 0.479 e. The van der Waals surface area contributed by atoms with Gasteiger partial charge < -0.3 is 10.4 Å². The highest BCUT2D eigenvalue weighted by Gasteiger charge is 2.24. The fourth-order valence-electron chi connectivity index (χ4n) is 1.95. The molecule has 6 heteroatoms. The molecule has 1 aromatic carbocycles. The molecule has 2 aromatic rings. The zero-order valence-corrected chi connectivity index (χ0v) is 12.8. The molecule has 2 rings (SSSR count). The first kappa shape index (κ1) is 15.8. The van der Waals surface area contributed by atoms with E-state index in [-0.39, 0.29) is 5.54 Å². The average Bonchev–Trinajstić information content (AvgIpc) is 2.95. The molecule has 0 aliphatic rings. The summed E-state index contributed by atoms with van der Waals surface area (Å²) in [5.41, 5.74) is 0.605. The SMILES string of the molecule is CC(C)(C)n1cc(C(=O)N[C@@H](C(=O)O)c2ccccc2)cn1. The normalized spacial score (nSPS) is 12.7. The van der Waals surface area contributed by atoms with E-state index in [4.69, 9.17) is 0 Å². The Morgan fingerprint density at radius 3 is 2.36 bits per heavy atom. The highest BCUT2D eigenvalue weighted by Crippen LogP contribution is 2.16. The van der Waals surface area contributed by atoms with Crippen molar-refractivity contribution in [3.63, 3.8) is 0 Å². The van der Waals surface area contributed by atoms with Crippen molar-refractivity contribution in [3.8, 4) is 0 Å². The monoisotopic (exact) mass is 301 g/mol. The Morgan fingerprint density at radius 2 is 1.86 bits per heavy atom. The van der Waals surface area contributed by atoms with E-state index in [1.54, 1.807) is 41.2 Å². The maximum Gasteiger partial charge on any atom is 0.330 e. The van der Waals surface area contributed by atoms with Crippen molar-refractivity contribution >= 4 is 11.9 Å². The molecule has 0 spiro atoms. The van der Waals surface area contributed by atoms with Crippen LogP contribution in [0.2, 0.25) is 0 Å². The molecule has 0 fully saturated rings. The lowest BCUT2D eigenvalue weighted by atomic mass is 10.1. The van der Waals surface area contributed by atoms with Crippen LogP contribution in [0.5, 0.6) is 0 Å². The molecular formula is C16H19N3O3. The highest BCUT2D eigenvalue weighted by atomic mass is 16.4. The third-order valence-electron chi connectivity index (χ3n) is 3.19. The van der Waals surface area contributed by atoms with Crippen LogP contribution in [0, 0.1) is 0 Å². The number of nitrogens with zero attached hydrogens (tertiary/aromatic N) is 2. The number of hydrogen-bond acceptors (Lipinski definition) is 3. The van der Waals surface area contributed by atoms with Gasteiger partial charge in [-0.15, -0.1) is 0 Å². The third kappa shape index (κ3) is 3.52. The van der Waals surface area contributed by atoms with Crippen molar-refractivity contribution < 1.29 is 14.7 Å². The number of hydrogen-bond donors (Lipinski definition) is 2. The molecule has 0 unspecified atom stereocenters. The van der Waals surface area contributed by atoms with E-state index >= 15 is 0 Å². The molecular weight excluding hydrogens is 282 g/mol. The zero-order valence-electron chi connectivity index (χ0n) is 12.8. The molecule has 2 N–H and O–H groups in total. The summed E-state index contributed by atoms with van der Waals surface area (Å²) in [6.45, 7) is 5.89. The van der Waals surface area contributed by atoms with Gasteiger partial charge in [-0.05, 0) is 26.3 Å². The number of benzene rings is 1. The van der Waals surface area contributed by atoms with Crippen molar-refractivity contribution in [2.75, 3.05) is 0 Å². The number of carbonyl (C=O) groups excluding carboxylic acids is 1.